The zero-order valence-corrected chi connectivity index (χ0v) is 21.9. The van der Waals surface area contributed by atoms with Crippen molar-refractivity contribution in [3.63, 3.8) is 0 Å². The van der Waals surface area contributed by atoms with Crippen molar-refractivity contribution < 1.29 is 79.2 Å². The zero-order valence-electron chi connectivity index (χ0n) is 21.9. The van der Waals surface area contributed by atoms with Crippen LogP contribution < -0.4 is 17.2 Å². The fraction of sp³-hybridized carbons (Fsp3) is 0.909. The SMILES string of the molecule is CC(C(=O)O)C(=O)[C@]1(CO)O[C@H](OC2[C@@H](CO)O[C@@H](OC3[C@@H](CO)O[C@@H](O)[C@H](N)[C@H]3O)[C@H](N)[C@H]2O)[C@H](N)[C@@H](O)[C@@H]1O. The molecule has 19 nitrogen and oxygen atoms in total. The normalized spacial score (nSPS) is 48.0. The summed E-state index contributed by atoms with van der Waals surface area (Å²) in [5.41, 5.74) is 15.0. The number of carbonyl (C=O) groups excluding carboxylic acids is 1. The Hall–Kier alpha value is -1.50. The lowest BCUT2D eigenvalue weighted by atomic mass is 9.79. The Bertz CT molecular complexity index is 914. The molecule has 0 amide bonds. The van der Waals surface area contributed by atoms with Crippen molar-refractivity contribution in [3.8, 4) is 0 Å². The number of aliphatic hydroxyl groups excluding tert-OH is 8. The van der Waals surface area contributed by atoms with Crippen molar-refractivity contribution >= 4 is 11.8 Å². The van der Waals surface area contributed by atoms with E-state index >= 15 is 0 Å². The summed E-state index contributed by atoms with van der Waals surface area (Å²) >= 11 is 0. The minimum absolute atomic E-state index is 0.720. The molecule has 0 aromatic heterocycles. The average molecular weight is 602 g/mol. The van der Waals surface area contributed by atoms with E-state index in [1.54, 1.807) is 0 Å². The van der Waals surface area contributed by atoms with Crippen molar-refractivity contribution in [2.24, 2.45) is 23.1 Å². The third kappa shape index (κ3) is 6.26. The minimum atomic E-state index is -2.69. The lowest BCUT2D eigenvalue weighted by molar-refractivity contribution is -0.355. The van der Waals surface area contributed by atoms with Crippen molar-refractivity contribution in [2.45, 2.75) is 98.4 Å². The minimum Gasteiger partial charge on any atom is -0.481 e. The molecule has 3 heterocycles. The first-order valence-electron chi connectivity index (χ1n) is 12.7. The highest BCUT2D eigenvalue weighted by Crippen LogP contribution is 2.35. The van der Waals surface area contributed by atoms with Gasteiger partial charge in [-0.3, -0.25) is 9.59 Å². The van der Waals surface area contributed by atoms with Gasteiger partial charge in [-0.25, -0.2) is 0 Å². The largest absolute Gasteiger partial charge is 0.481 e. The number of aliphatic hydroxyl groups is 8. The molecule has 3 saturated heterocycles. The molecule has 0 bridgehead atoms. The number of carbonyl (C=O) groups is 2. The quantitative estimate of drug-likeness (QED) is 0.103. The lowest BCUT2D eigenvalue weighted by Gasteiger charge is -2.50. The Morgan fingerprint density at radius 1 is 0.805 bits per heavy atom. The molecule has 3 rings (SSSR count). The van der Waals surface area contributed by atoms with Crippen LogP contribution in [-0.4, -0.2) is 169 Å². The molecule has 19 heteroatoms. The van der Waals surface area contributed by atoms with E-state index in [1.165, 1.54) is 0 Å². The highest BCUT2D eigenvalue weighted by atomic mass is 16.7. The van der Waals surface area contributed by atoms with Gasteiger partial charge in [-0.1, -0.05) is 0 Å². The van der Waals surface area contributed by atoms with Crippen LogP contribution in [0.2, 0.25) is 0 Å². The number of hydrogen-bond acceptors (Lipinski definition) is 18. The second-order valence-corrected chi connectivity index (χ2v) is 10.3. The summed E-state index contributed by atoms with van der Waals surface area (Å²) < 4.78 is 27.5. The molecular formula is C22H39N3O16. The van der Waals surface area contributed by atoms with E-state index in [2.05, 4.69) is 0 Å². The van der Waals surface area contributed by atoms with E-state index in [4.69, 9.17) is 40.9 Å². The van der Waals surface area contributed by atoms with Crippen LogP contribution in [0.5, 0.6) is 0 Å². The van der Waals surface area contributed by atoms with Gasteiger partial charge < -0.3 is 86.8 Å². The molecular weight excluding hydrogens is 562 g/mol. The third-order valence-corrected chi connectivity index (χ3v) is 7.66. The van der Waals surface area contributed by atoms with Gasteiger partial charge in [0, 0.05) is 0 Å². The van der Waals surface area contributed by atoms with Gasteiger partial charge in [0.1, 0.15) is 54.7 Å². The van der Waals surface area contributed by atoms with Crippen LogP contribution in [0.3, 0.4) is 0 Å². The summed E-state index contributed by atoms with van der Waals surface area (Å²) in [5, 5.41) is 91.2. The van der Waals surface area contributed by atoms with Gasteiger partial charge in [0.25, 0.3) is 0 Å². The number of carboxylic acid groups (broad SMARTS) is 1. The maximum atomic E-state index is 12.9. The van der Waals surface area contributed by atoms with Crippen LogP contribution in [0.25, 0.3) is 0 Å². The number of rotatable bonds is 10. The van der Waals surface area contributed by atoms with Crippen LogP contribution in [-0.2, 0) is 33.3 Å². The van der Waals surface area contributed by atoms with Crippen LogP contribution in [0, 0.1) is 5.92 Å². The summed E-state index contributed by atoms with van der Waals surface area (Å²) in [4.78, 5) is 24.3. The first kappa shape index (κ1) is 34.0. The van der Waals surface area contributed by atoms with Gasteiger partial charge in [0.2, 0.25) is 0 Å². The Kier molecular flexibility index (Phi) is 11.1. The Morgan fingerprint density at radius 2 is 1.29 bits per heavy atom. The highest BCUT2D eigenvalue weighted by molar-refractivity contribution is 6.03. The van der Waals surface area contributed by atoms with Gasteiger partial charge in [0.15, 0.2) is 30.3 Å². The van der Waals surface area contributed by atoms with E-state index in [-0.39, 0.29) is 0 Å². The molecule has 0 aromatic rings. The average Bonchev–Trinajstić information content (AvgIpc) is 2.95. The first-order valence-corrected chi connectivity index (χ1v) is 12.7. The molecule has 0 spiro atoms. The van der Waals surface area contributed by atoms with Gasteiger partial charge in [-0.2, -0.15) is 0 Å². The van der Waals surface area contributed by atoms with Crippen molar-refractivity contribution in [3.05, 3.63) is 0 Å². The lowest BCUT2D eigenvalue weighted by Crippen LogP contribution is -2.73. The van der Waals surface area contributed by atoms with Crippen molar-refractivity contribution in [1.29, 1.82) is 0 Å². The molecule has 0 saturated carbocycles. The number of Topliss-reactive ketones (excluding diaryl/α,β-unsaturated/α-hetero) is 1. The molecule has 3 unspecified atom stereocenters. The highest BCUT2D eigenvalue weighted by Gasteiger charge is 2.60. The summed E-state index contributed by atoms with van der Waals surface area (Å²) in [7, 11) is 0. The number of ketones is 1. The predicted molar refractivity (Wildman–Crippen MR) is 128 cm³/mol. The Labute approximate surface area is 232 Å². The molecule has 3 aliphatic heterocycles. The standard InChI is InChI=1S/C22H39N3O16/c1-5(18(34)35)16(32)22(4-28)17(33)13(31)10(25)21(41-22)40-15-7(3-27)38-20(9(24)12(15)30)39-14-6(2-26)37-19(36)8(23)11(14)29/h5-15,17,19-21,26-31,33,36H,2-4,23-25H2,1H3,(H,34,35)/t5?,6-,7-,8-,9-,10-,11-,12-,13-,14?,15?,17+,19-,20+,21+,22+/m1/s1. The fourth-order valence-electron chi connectivity index (χ4n) is 4.97. The molecule has 3 aliphatic rings. The van der Waals surface area contributed by atoms with Gasteiger partial charge in [-0.15, -0.1) is 0 Å². The van der Waals surface area contributed by atoms with Crippen LogP contribution >= 0.6 is 0 Å². The Balaban J connectivity index is 1.82. The summed E-state index contributed by atoms with van der Waals surface area (Å²) in [5.74, 6) is -4.71. The van der Waals surface area contributed by atoms with Gasteiger partial charge in [0.05, 0.1) is 37.9 Å². The summed E-state index contributed by atoms with van der Waals surface area (Å²) in [6.07, 6.45) is -18.4. The van der Waals surface area contributed by atoms with Gasteiger partial charge >= 0.3 is 5.97 Å². The Morgan fingerprint density at radius 3 is 1.80 bits per heavy atom. The number of nitrogens with two attached hydrogens (primary N) is 3. The van der Waals surface area contributed by atoms with Crippen molar-refractivity contribution in [2.75, 3.05) is 19.8 Å². The molecule has 3 fully saturated rings. The fourth-order valence-corrected chi connectivity index (χ4v) is 4.97. The second kappa shape index (κ2) is 13.4. The zero-order chi connectivity index (χ0) is 31.0. The van der Waals surface area contributed by atoms with Crippen LogP contribution in [0.4, 0.5) is 0 Å². The van der Waals surface area contributed by atoms with Crippen LogP contribution in [0.1, 0.15) is 6.92 Å². The van der Waals surface area contributed by atoms with Crippen molar-refractivity contribution in [1.82, 2.24) is 0 Å². The van der Waals surface area contributed by atoms with E-state index in [0.717, 1.165) is 6.92 Å². The van der Waals surface area contributed by atoms with Gasteiger partial charge in [-0.05, 0) is 6.92 Å². The number of aliphatic carboxylic acids is 1. The number of ether oxygens (including phenoxy) is 5. The second-order valence-electron chi connectivity index (χ2n) is 10.3. The monoisotopic (exact) mass is 601 g/mol. The molecule has 0 aliphatic carbocycles. The molecule has 41 heavy (non-hydrogen) atoms. The number of hydrogen-bond donors (Lipinski definition) is 12. The van der Waals surface area contributed by atoms with E-state index in [0.29, 0.717) is 0 Å². The van der Waals surface area contributed by atoms with E-state index in [9.17, 15) is 55.5 Å². The third-order valence-electron chi connectivity index (χ3n) is 7.66. The van der Waals surface area contributed by atoms with E-state index < -0.39 is 129 Å². The number of carboxylic acids is 1. The molecule has 0 radical (unpaired) electrons. The molecule has 16 atom stereocenters. The predicted octanol–water partition coefficient (Wildman–Crippen LogP) is -8.01. The topological polar surface area (TPSA) is 340 Å². The summed E-state index contributed by atoms with van der Waals surface area (Å²) in [6, 6.07) is -4.46. The molecule has 15 N–H and O–H groups in total. The first-order chi connectivity index (χ1) is 19.2. The maximum absolute atomic E-state index is 12.9. The molecule has 0 aromatic carbocycles. The van der Waals surface area contributed by atoms with E-state index in [1.807, 2.05) is 0 Å². The smallest absolute Gasteiger partial charge is 0.313 e. The summed E-state index contributed by atoms with van der Waals surface area (Å²) in [6.45, 7) is -1.89. The molecule has 238 valence electrons. The van der Waals surface area contributed by atoms with Crippen LogP contribution in [0.15, 0.2) is 0 Å². The maximum Gasteiger partial charge on any atom is 0.313 e.